The Morgan fingerprint density at radius 2 is 1.74 bits per heavy atom. The molecule has 4 rings (SSSR count). The zero-order chi connectivity index (χ0) is 24.1. The molecule has 0 aromatic heterocycles. The lowest BCUT2D eigenvalue weighted by molar-refractivity contribution is -0.120. The molecule has 2 heterocycles. The third kappa shape index (κ3) is 6.14. The zero-order valence-electron chi connectivity index (χ0n) is 20.1. The van der Waals surface area contributed by atoms with E-state index in [2.05, 4.69) is 52.5 Å². The number of nitrogens with zero attached hydrogens (tertiary/aromatic N) is 2. The largest absolute Gasteiger partial charge is 0.371 e. The number of carbonyl (C=O) groups is 2. The molecule has 0 saturated carbocycles. The molecule has 7 heteroatoms. The van der Waals surface area contributed by atoms with Gasteiger partial charge in [0, 0.05) is 49.5 Å². The third-order valence-corrected chi connectivity index (χ3v) is 6.89. The van der Waals surface area contributed by atoms with E-state index in [1.165, 1.54) is 22.9 Å². The molecule has 0 unspecified atom stereocenters. The monoisotopic (exact) mass is 466 g/mol. The summed E-state index contributed by atoms with van der Waals surface area (Å²) in [4.78, 5) is 29.6. The first-order chi connectivity index (χ1) is 16.4. The van der Waals surface area contributed by atoms with Crippen LogP contribution >= 0.6 is 0 Å². The van der Waals surface area contributed by atoms with Crippen LogP contribution in [0.4, 0.5) is 10.1 Å². The van der Waals surface area contributed by atoms with Gasteiger partial charge in [-0.15, -0.1) is 0 Å². The smallest absolute Gasteiger partial charge is 0.251 e. The third-order valence-electron chi connectivity index (χ3n) is 6.89. The van der Waals surface area contributed by atoms with E-state index >= 15 is 0 Å². The number of benzene rings is 2. The van der Waals surface area contributed by atoms with Crippen molar-refractivity contribution in [2.45, 2.75) is 51.9 Å². The molecule has 2 aliphatic rings. The van der Waals surface area contributed by atoms with Crippen LogP contribution in [-0.2, 0) is 11.5 Å². The first-order valence-corrected chi connectivity index (χ1v) is 12.2. The molecule has 2 N–H and O–H groups in total. The van der Waals surface area contributed by atoms with Gasteiger partial charge in [0.05, 0.1) is 6.54 Å². The molecule has 0 spiro atoms. The number of nitrogens with one attached hydrogen (secondary N) is 2. The Morgan fingerprint density at radius 1 is 1.00 bits per heavy atom. The Balaban J connectivity index is 1.19. The molecule has 6 nitrogen and oxygen atoms in total. The number of piperidine rings is 1. The fourth-order valence-electron chi connectivity index (χ4n) is 5.20. The number of rotatable bonds is 7. The highest BCUT2D eigenvalue weighted by Gasteiger charge is 2.31. The SMILES string of the molecule is Cc1cc(C)cc(N2CCC(N3CC[C@@H](NC(=O)CNC(=O)c4cccc(CF)c4)C3)CC2)c1. The number of hydrogen-bond acceptors (Lipinski definition) is 4. The standard InChI is InChI=1S/C27H35FN4O2/c1-19-12-20(2)14-25(13-19)31-10-7-24(8-11-31)32-9-6-23(18-32)30-26(33)17-29-27(34)22-5-3-4-21(15-22)16-28/h3-5,12-15,23-24H,6-11,16-18H2,1-2H3,(H,29,34)(H,30,33)/t23-/m1/s1. The summed E-state index contributed by atoms with van der Waals surface area (Å²) in [5, 5.41) is 5.69. The zero-order valence-corrected chi connectivity index (χ0v) is 20.1. The van der Waals surface area contributed by atoms with E-state index in [0.29, 0.717) is 17.2 Å². The van der Waals surface area contributed by atoms with Crippen LogP contribution in [0.2, 0.25) is 0 Å². The minimum atomic E-state index is -0.621. The van der Waals surface area contributed by atoms with Gasteiger partial charge in [0.25, 0.3) is 5.91 Å². The van der Waals surface area contributed by atoms with Gasteiger partial charge < -0.3 is 15.5 Å². The Labute approximate surface area is 201 Å². The number of likely N-dealkylation sites (tertiary alicyclic amines) is 1. The summed E-state index contributed by atoms with van der Waals surface area (Å²) in [6.45, 7) is 7.55. The van der Waals surface area contributed by atoms with Gasteiger partial charge in [0.2, 0.25) is 5.91 Å². The predicted molar refractivity (Wildman–Crippen MR) is 133 cm³/mol. The predicted octanol–water partition coefficient (Wildman–Crippen LogP) is 3.36. The average Bonchev–Trinajstić information content (AvgIpc) is 3.30. The summed E-state index contributed by atoms with van der Waals surface area (Å²) >= 11 is 0. The van der Waals surface area contributed by atoms with Gasteiger partial charge in [-0.3, -0.25) is 14.5 Å². The summed E-state index contributed by atoms with van der Waals surface area (Å²) in [5.74, 6) is -0.555. The molecular formula is C27H35FN4O2. The van der Waals surface area contributed by atoms with E-state index in [-0.39, 0.29) is 24.4 Å². The van der Waals surface area contributed by atoms with Crippen LogP contribution in [0.15, 0.2) is 42.5 Å². The van der Waals surface area contributed by atoms with E-state index in [0.717, 1.165) is 45.4 Å². The van der Waals surface area contributed by atoms with Crippen LogP contribution in [0.1, 0.15) is 46.3 Å². The second-order valence-corrected chi connectivity index (χ2v) is 9.63. The molecule has 2 aliphatic heterocycles. The molecule has 2 aromatic rings. The van der Waals surface area contributed by atoms with Gasteiger partial charge in [-0.25, -0.2) is 4.39 Å². The second-order valence-electron chi connectivity index (χ2n) is 9.63. The van der Waals surface area contributed by atoms with Gasteiger partial charge in [-0.2, -0.15) is 0 Å². The summed E-state index contributed by atoms with van der Waals surface area (Å²) < 4.78 is 12.8. The molecule has 34 heavy (non-hydrogen) atoms. The van der Waals surface area contributed by atoms with E-state index in [4.69, 9.17) is 0 Å². The van der Waals surface area contributed by atoms with Crippen LogP contribution in [-0.4, -0.2) is 61.5 Å². The molecule has 2 aromatic carbocycles. The molecule has 0 radical (unpaired) electrons. The summed E-state index contributed by atoms with van der Waals surface area (Å²) in [5.41, 5.74) is 4.74. The van der Waals surface area contributed by atoms with Crippen LogP contribution in [0.3, 0.4) is 0 Å². The maximum atomic E-state index is 12.8. The molecule has 2 amide bonds. The number of carbonyl (C=O) groups excluding carboxylic acids is 2. The molecule has 1 atom stereocenters. The van der Waals surface area contributed by atoms with Crippen LogP contribution < -0.4 is 15.5 Å². The van der Waals surface area contributed by atoms with E-state index in [1.54, 1.807) is 18.2 Å². The van der Waals surface area contributed by atoms with Crippen molar-refractivity contribution in [3.8, 4) is 0 Å². The first kappa shape index (κ1) is 24.2. The van der Waals surface area contributed by atoms with Crippen LogP contribution in [0, 0.1) is 13.8 Å². The van der Waals surface area contributed by atoms with Gasteiger partial charge >= 0.3 is 0 Å². The highest BCUT2D eigenvalue weighted by Crippen LogP contribution is 2.26. The lowest BCUT2D eigenvalue weighted by Gasteiger charge is -2.38. The van der Waals surface area contributed by atoms with E-state index in [9.17, 15) is 14.0 Å². The van der Waals surface area contributed by atoms with Crippen molar-refractivity contribution in [2.24, 2.45) is 0 Å². The van der Waals surface area contributed by atoms with Crippen molar-refractivity contribution >= 4 is 17.5 Å². The van der Waals surface area contributed by atoms with Gasteiger partial charge in [0.15, 0.2) is 0 Å². The van der Waals surface area contributed by atoms with Crippen LogP contribution in [0.5, 0.6) is 0 Å². The molecule has 182 valence electrons. The van der Waals surface area contributed by atoms with E-state index < -0.39 is 6.67 Å². The average molecular weight is 467 g/mol. The van der Waals surface area contributed by atoms with Crippen molar-refractivity contribution < 1.29 is 14.0 Å². The first-order valence-electron chi connectivity index (χ1n) is 12.2. The number of aryl methyl sites for hydroxylation is 2. The van der Waals surface area contributed by atoms with Crippen molar-refractivity contribution in [1.82, 2.24) is 15.5 Å². The summed E-state index contributed by atoms with van der Waals surface area (Å²) in [6, 6.07) is 13.8. The number of anilines is 1. The topological polar surface area (TPSA) is 64.7 Å². The van der Waals surface area contributed by atoms with Gasteiger partial charge in [-0.1, -0.05) is 18.2 Å². The Bertz CT molecular complexity index is 999. The second kappa shape index (κ2) is 11.0. The molecule has 0 bridgehead atoms. The molecule has 2 fully saturated rings. The lowest BCUT2D eigenvalue weighted by Crippen LogP contribution is -2.46. The normalized spacial score (nSPS) is 19.3. The number of amides is 2. The van der Waals surface area contributed by atoms with Crippen molar-refractivity contribution in [3.63, 3.8) is 0 Å². The van der Waals surface area contributed by atoms with E-state index in [1.807, 2.05) is 0 Å². The minimum absolute atomic E-state index is 0.0799. The molecule has 0 aliphatic carbocycles. The quantitative estimate of drug-likeness (QED) is 0.657. The maximum Gasteiger partial charge on any atom is 0.251 e. The number of halogens is 1. The van der Waals surface area contributed by atoms with Gasteiger partial charge in [-0.05, 0) is 74.1 Å². The van der Waals surface area contributed by atoms with Crippen molar-refractivity contribution in [2.75, 3.05) is 37.6 Å². The fraction of sp³-hybridized carbons (Fsp3) is 0.481. The Kier molecular flexibility index (Phi) is 7.83. The van der Waals surface area contributed by atoms with Crippen LogP contribution in [0.25, 0.3) is 0 Å². The Hall–Kier alpha value is -2.93. The molecular weight excluding hydrogens is 431 g/mol. The fourth-order valence-corrected chi connectivity index (χ4v) is 5.20. The maximum absolute atomic E-state index is 12.8. The van der Waals surface area contributed by atoms with Crippen molar-refractivity contribution in [3.05, 3.63) is 64.7 Å². The number of hydrogen-bond donors (Lipinski definition) is 2. The van der Waals surface area contributed by atoms with Gasteiger partial charge in [0.1, 0.15) is 6.67 Å². The lowest BCUT2D eigenvalue weighted by atomic mass is 10.0. The summed E-state index contributed by atoms with van der Waals surface area (Å²) in [6.07, 6.45) is 3.18. The number of alkyl halides is 1. The highest BCUT2D eigenvalue weighted by molar-refractivity contribution is 5.96. The highest BCUT2D eigenvalue weighted by atomic mass is 19.1. The van der Waals surface area contributed by atoms with Crippen molar-refractivity contribution in [1.29, 1.82) is 0 Å². The minimum Gasteiger partial charge on any atom is -0.371 e. The Morgan fingerprint density at radius 3 is 2.44 bits per heavy atom. The summed E-state index contributed by atoms with van der Waals surface area (Å²) in [7, 11) is 0. The molecule has 2 saturated heterocycles.